The van der Waals surface area contributed by atoms with Crippen LogP contribution in [-0.2, 0) is 0 Å². The Balaban J connectivity index is 2.41. The van der Waals surface area contributed by atoms with Crippen molar-refractivity contribution < 1.29 is 0 Å². The smallest absolute Gasteiger partial charge is 0.0588 e. The van der Waals surface area contributed by atoms with Crippen LogP contribution in [0.25, 0.3) is 0 Å². The lowest BCUT2D eigenvalue weighted by Gasteiger charge is -2.19. The highest BCUT2D eigenvalue weighted by molar-refractivity contribution is 9.10. The Kier molecular flexibility index (Phi) is 4.84. The number of rotatable bonds is 4. The van der Waals surface area contributed by atoms with E-state index < -0.39 is 0 Å². The molecule has 2 rings (SSSR count). The van der Waals surface area contributed by atoms with Gasteiger partial charge in [-0.25, -0.2) is 0 Å². The average Bonchev–Trinajstić information content (AvgIpc) is 2.76. The lowest BCUT2D eigenvalue weighted by Crippen LogP contribution is -2.22. The van der Waals surface area contributed by atoms with Crippen molar-refractivity contribution in [3.63, 3.8) is 0 Å². The van der Waals surface area contributed by atoms with E-state index in [4.69, 9.17) is 11.6 Å². The first-order valence-electron chi connectivity index (χ1n) is 5.85. The van der Waals surface area contributed by atoms with Crippen LogP contribution >= 0.6 is 38.9 Å². The van der Waals surface area contributed by atoms with Crippen molar-refractivity contribution in [2.24, 2.45) is 0 Å². The second-order valence-electron chi connectivity index (χ2n) is 4.10. The van der Waals surface area contributed by atoms with Gasteiger partial charge in [0.2, 0.25) is 0 Å². The molecule has 1 heterocycles. The maximum atomic E-state index is 6.19. The van der Waals surface area contributed by atoms with Crippen LogP contribution in [0.4, 0.5) is 0 Å². The molecule has 1 aromatic heterocycles. The zero-order chi connectivity index (χ0) is 13.1. The molecule has 0 saturated carbocycles. The third-order valence-electron chi connectivity index (χ3n) is 2.90. The molecule has 0 fully saturated rings. The predicted molar refractivity (Wildman–Crippen MR) is 83.7 cm³/mol. The molecule has 0 aliphatic carbocycles. The van der Waals surface area contributed by atoms with Crippen molar-refractivity contribution >= 4 is 38.9 Å². The molecule has 0 spiro atoms. The number of aryl methyl sites for hydroxylation is 1. The van der Waals surface area contributed by atoms with Crippen LogP contribution in [0.5, 0.6) is 0 Å². The molecule has 0 radical (unpaired) electrons. The van der Waals surface area contributed by atoms with Crippen LogP contribution in [0.3, 0.4) is 0 Å². The molecule has 0 aliphatic heterocycles. The van der Waals surface area contributed by atoms with Gasteiger partial charge in [-0.1, -0.05) is 24.6 Å². The number of benzene rings is 1. The number of halogens is 2. The van der Waals surface area contributed by atoms with Gasteiger partial charge < -0.3 is 5.32 Å². The third-order valence-corrected chi connectivity index (χ3v) is 4.99. The van der Waals surface area contributed by atoms with Crippen molar-refractivity contribution in [2.75, 3.05) is 6.54 Å². The van der Waals surface area contributed by atoms with Crippen LogP contribution in [0, 0.1) is 6.92 Å². The van der Waals surface area contributed by atoms with Gasteiger partial charge in [0, 0.05) is 9.35 Å². The first-order chi connectivity index (χ1) is 8.63. The molecule has 0 saturated heterocycles. The van der Waals surface area contributed by atoms with Gasteiger partial charge in [-0.3, -0.25) is 0 Å². The molecule has 96 valence electrons. The van der Waals surface area contributed by atoms with E-state index in [0.717, 1.165) is 16.0 Å². The zero-order valence-electron chi connectivity index (χ0n) is 10.3. The first-order valence-corrected chi connectivity index (χ1v) is 7.91. The highest BCUT2D eigenvalue weighted by atomic mass is 79.9. The Hall–Kier alpha value is -0.350. The van der Waals surface area contributed by atoms with E-state index >= 15 is 0 Å². The number of nitrogens with one attached hydrogen (secondary N) is 1. The fourth-order valence-electron chi connectivity index (χ4n) is 2.00. The van der Waals surface area contributed by atoms with E-state index in [1.54, 1.807) is 11.3 Å². The Bertz CT molecular complexity index is 538. The normalized spacial score (nSPS) is 12.7. The van der Waals surface area contributed by atoms with E-state index in [1.165, 1.54) is 16.0 Å². The van der Waals surface area contributed by atoms with Gasteiger partial charge in [0.15, 0.2) is 0 Å². The molecule has 0 aliphatic rings. The van der Waals surface area contributed by atoms with Crippen LogP contribution in [-0.4, -0.2) is 6.54 Å². The number of hydrogen-bond acceptors (Lipinski definition) is 2. The standard InChI is InChI=1S/C14H15BrClNS/c1-3-17-14(11-6-7-18-9(11)2)10-4-5-12(15)13(16)8-10/h4-8,14,17H,3H2,1-2H3. The summed E-state index contributed by atoms with van der Waals surface area (Å²) in [4.78, 5) is 1.35. The molecule has 1 aromatic carbocycles. The zero-order valence-corrected chi connectivity index (χ0v) is 13.5. The fraction of sp³-hybridized carbons (Fsp3) is 0.286. The lowest BCUT2D eigenvalue weighted by atomic mass is 9.99. The van der Waals surface area contributed by atoms with Gasteiger partial charge in [0.1, 0.15) is 0 Å². The number of hydrogen-bond donors (Lipinski definition) is 1. The molecule has 4 heteroatoms. The van der Waals surface area contributed by atoms with Gasteiger partial charge in [-0.2, -0.15) is 0 Å². The first kappa shape index (κ1) is 14.1. The van der Waals surface area contributed by atoms with E-state index in [1.807, 2.05) is 12.1 Å². The molecule has 1 nitrogen and oxygen atoms in total. The van der Waals surface area contributed by atoms with Crippen molar-refractivity contribution in [2.45, 2.75) is 19.9 Å². The molecular weight excluding hydrogens is 330 g/mol. The van der Waals surface area contributed by atoms with Crippen LogP contribution in [0.1, 0.15) is 29.0 Å². The molecule has 1 N–H and O–H groups in total. The summed E-state index contributed by atoms with van der Waals surface area (Å²) < 4.78 is 0.935. The van der Waals surface area contributed by atoms with Gasteiger partial charge in [-0.05, 0) is 64.1 Å². The van der Waals surface area contributed by atoms with E-state index in [9.17, 15) is 0 Å². The molecule has 2 aromatic rings. The molecule has 0 amide bonds. The minimum atomic E-state index is 0.215. The van der Waals surface area contributed by atoms with Gasteiger partial charge in [0.05, 0.1) is 11.1 Å². The van der Waals surface area contributed by atoms with Gasteiger partial charge in [-0.15, -0.1) is 11.3 Å². The summed E-state index contributed by atoms with van der Waals surface area (Å²) in [5.41, 5.74) is 2.53. The Labute approximate surface area is 125 Å². The predicted octanol–water partition coefficient (Wildman–Crippen LogP) is 5.17. The molecule has 1 atom stereocenters. The van der Waals surface area contributed by atoms with E-state index in [-0.39, 0.29) is 6.04 Å². The van der Waals surface area contributed by atoms with Gasteiger partial charge in [0.25, 0.3) is 0 Å². The summed E-state index contributed by atoms with van der Waals surface area (Å²) in [6, 6.07) is 8.54. The summed E-state index contributed by atoms with van der Waals surface area (Å²) in [7, 11) is 0. The molecular formula is C14H15BrClNS. The summed E-state index contributed by atoms with van der Waals surface area (Å²) in [6.45, 7) is 5.20. The molecule has 1 unspecified atom stereocenters. The van der Waals surface area contributed by atoms with E-state index in [0.29, 0.717) is 0 Å². The summed E-state index contributed by atoms with van der Waals surface area (Å²) in [5.74, 6) is 0. The second kappa shape index (κ2) is 6.20. The van der Waals surface area contributed by atoms with Crippen LogP contribution in [0.2, 0.25) is 5.02 Å². The largest absolute Gasteiger partial charge is 0.306 e. The minimum absolute atomic E-state index is 0.215. The van der Waals surface area contributed by atoms with E-state index in [2.05, 4.69) is 52.6 Å². The van der Waals surface area contributed by atoms with Crippen molar-refractivity contribution in [3.8, 4) is 0 Å². The van der Waals surface area contributed by atoms with Gasteiger partial charge >= 0.3 is 0 Å². The third kappa shape index (κ3) is 2.97. The highest BCUT2D eigenvalue weighted by Gasteiger charge is 2.16. The topological polar surface area (TPSA) is 12.0 Å². The van der Waals surface area contributed by atoms with Crippen LogP contribution in [0.15, 0.2) is 34.1 Å². The molecule has 0 bridgehead atoms. The summed E-state index contributed by atoms with van der Waals surface area (Å²) >= 11 is 11.4. The highest BCUT2D eigenvalue weighted by Crippen LogP contribution is 2.31. The van der Waals surface area contributed by atoms with Crippen molar-refractivity contribution in [1.82, 2.24) is 5.32 Å². The second-order valence-corrected chi connectivity index (χ2v) is 6.48. The Morgan fingerprint density at radius 3 is 2.72 bits per heavy atom. The monoisotopic (exact) mass is 343 g/mol. The average molecular weight is 345 g/mol. The quantitative estimate of drug-likeness (QED) is 0.806. The maximum absolute atomic E-state index is 6.19. The SMILES string of the molecule is CCNC(c1ccc(Br)c(Cl)c1)c1ccsc1C. The molecule has 18 heavy (non-hydrogen) atoms. The fourth-order valence-corrected chi connectivity index (χ4v) is 3.17. The van der Waals surface area contributed by atoms with Crippen molar-refractivity contribution in [1.29, 1.82) is 0 Å². The summed E-state index contributed by atoms with van der Waals surface area (Å²) in [5, 5.41) is 6.41. The maximum Gasteiger partial charge on any atom is 0.0588 e. The Morgan fingerprint density at radius 1 is 1.39 bits per heavy atom. The minimum Gasteiger partial charge on any atom is -0.306 e. The Morgan fingerprint density at radius 2 is 2.17 bits per heavy atom. The lowest BCUT2D eigenvalue weighted by molar-refractivity contribution is 0.630. The van der Waals surface area contributed by atoms with Crippen LogP contribution < -0.4 is 5.32 Å². The summed E-state index contributed by atoms with van der Waals surface area (Å²) in [6.07, 6.45) is 0. The van der Waals surface area contributed by atoms with Crippen molar-refractivity contribution in [3.05, 3.63) is 55.1 Å². The number of thiophene rings is 1.